The van der Waals surface area contributed by atoms with E-state index in [2.05, 4.69) is 204 Å². The molecule has 3 heteroatoms. The predicted molar refractivity (Wildman–Crippen MR) is 267 cm³/mol. The lowest BCUT2D eigenvalue weighted by molar-refractivity contribution is 0.487. The van der Waals surface area contributed by atoms with Crippen LogP contribution in [0.4, 0.5) is 0 Å². The van der Waals surface area contributed by atoms with Gasteiger partial charge in [-0.05, 0) is 117 Å². The van der Waals surface area contributed by atoms with Crippen molar-refractivity contribution < 1.29 is 4.74 Å². The van der Waals surface area contributed by atoms with Gasteiger partial charge < -0.3 is 4.74 Å². The molecule has 0 saturated carbocycles. The first-order chi connectivity index (χ1) is 29.2. The number of hydrogen-bond acceptors (Lipinski definition) is 1. The smallest absolute Gasteiger partial charge is 0.242 e. The molecular weight excluding hydrogens is 734 g/mol. The van der Waals surface area contributed by atoms with E-state index in [4.69, 9.17) is 4.74 Å². The quantitative estimate of drug-likeness (QED) is 0.146. The second-order valence-corrected chi connectivity index (χ2v) is 18.4. The van der Waals surface area contributed by atoms with E-state index in [1.165, 1.54) is 127 Å². The van der Waals surface area contributed by atoms with Gasteiger partial charge in [0.2, 0.25) is 13.4 Å². The van der Waals surface area contributed by atoms with E-state index in [0.717, 1.165) is 17.1 Å². The zero-order chi connectivity index (χ0) is 43.0. The summed E-state index contributed by atoms with van der Waals surface area (Å²) in [6, 6.07) is 46.3. The first kappa shape index (κ1) is 40.4. The summed E-state index contributed by atoms with van der Waals surface area (Å²) in [5.41, 5.74) is 28.8. The topological polar surface area (TPSA) is 9.23 Å². The third-order valence-electron chi connectivity index (χ3n) is 13.5. The van der Waals surface area contributed by atoms with Crippen LogP contribution in [0.25, 0.3) is 33.0 Å². The van der Waals surface area contributed by atoms with E-state index in [1.807, 2.05) is 0 Å². The molecule has 0 atom stereocenters. The van der Waals surface area contributed by atoms with Crippen molar-refractivity contribution in [1.29, 1.82) is 0 Å². The second-order valence-electron chi connectivity index (χ2n) is 18.4. The molecule has 8 aromatic rings. The Hall–Kier alpha value is -6.05. The van der Waals surface area contributed by atoms with E-state index >= 15 is 0 Å². The van der Waals surface area contributed by atoms with Crippen molar-refractivity contribution in [2.75, 3.05) is 0 Å². The normalized spacial score (nSPS) is 11.7. The Morgan fingerprint density at radius 1 is 0.328 bits per heavy atom. The fourth-order valence-corrected chi connectivity index (χ4v) is 11.5. The molecule has 0 bridgehead atoms. The summed E-state index contributed by atoms with van der Waals surface area (Å²) in [6.07, 6.45) is 0. The van der Waals surface area contributed by atoms with Crippen LogP contribution in [-0.4, -0.2) is 13.4 Å². The Bertz CT molecular complexity index is 2870. The zero-order valence-corrected chi connectivity index (χ0v) is 38.1. The van der Waals surface area contributed by atoms with E-state index in [1.54, 1.807) is 0 Å². The van der Waals surface area contributed by atoms with Gasteiger partial charge in [-0.15, -0.1) is 0 Å². The highest BCUT2D eigenvalue weighted by Gasteiger charge is 2.32. The van der Waals surface area contributed by atoms with Crippen molar-refractivity contribution in [3.63, 3.8) is 0 Å². The van der Waals surface area contributed by atoms with Gasteiger partial charge in [-0.2, -0.15) is 0 Å². The number of benzene rings is 8. The Kier molecular flexibility index (Phi) is 10.2. The molecular formula is C58H56B2O. The summed E-state index contributed by atoms with van der Waals surface area (Å²) in [4.78, 5) is 0. The van der Waals surface area contributed by atoms with Gasteiger partial charge in [0.25, 0.3) is 0 Å². The molecule has 0 aromatic heterocycles. The Morgan fingerprint density at radius 2 is 0.705 bits per heavy atom. The predicted octanol–water partition coefficient (Wildman–Crippen LogP) is 11.0. The minimum absolute atomic E-state index is 0.0786. The van der Waals surface area contributed by atoms with Crippen LogP contribution in [0.5, 0.6) is 11.5 Å². The fraction of sp³-hybridized carbons (Fsp3) is 0.207. The van der Waals surface area contributed by atoms with Gasteiger partial charge in [-0.1, -0.05) is 209 Å². The largest absolute Gasteiger partial charge is 0.456 e. The van der Waals surface area contributed by atoms with Gasteiger partial charge in [0.05, 0.1) is 0 Å². The highest BCUT2D eigenvalue weighted by molar-refractivity contribution is 6.97. The maximum Gasteiger partial charge on any atom is 0.242 e. The van der Waals surface area contributed by atoms with Gasteiger partial charge >= 0.3 is 0 Å². The monoisotopic (exact) mass is 790 g/mol. The summed E-state index contributed by atoms with van der Waals surface area (Å²) in [5.74, 6) is 1.83. The highest BCUT2D eigenvalue weighted by atomic mass is 16.5. The number of ether oxygens (including phenoxy) is 1. The van der Waals surface area contributed by atoms with E-state index < -0.39 is 0 Å². The van der Waals surface area contributed by atoms with Gasteiger partial charge in [0.15, 0.2) is 0 Å². The van der Waals surface area contributed by atoms with Crippen LogP contribution in [0.2, 0.25) is 0 Å². The molecule has 9 rings (SSSR count). The van der Waals surface area contributed by atoms with Gasteiger partial charge in [-0.25, -0.2) is 0 Å². The van der Waals surface area contributed by atoms with Gasteiger partial charge in [-0.3, -0.25) is 0 Å². The van der Waals surface area contributed by atoms with Crippen LogP contribution in [0.3, 0.4) is 0 Å². The molecule has 0 radical (unpaired) electrons. The minimum Gasteiger partial charge on any atom is -0.456 e. The molecule has 0 amide bonds. The van der Waals surface area contributed by atoms with Crippen molar-refractivity contribution in [3.8, 4) is 33.8 Å². The zero-order valence-electron chi connectivity index (χ0n) is 38.1. The van der Waals surface area contributed by atoms with Crippen molar-refractivity contribution in [3.05, 3.63) is 188 Å². The molecule has 0 aliphatic carbocycles. The molecule has 1 heterocycles. The third-order valence-corrected chi connectivity index (χ3v) is 13.5. The highest BCUT2D eigenvalue weighted by Crippen LogP contribution is 2.48. The maximum atomic E-state index is 6.97. The minimum atomic E-state index is 0.0786. The molecule has 300 valence electrons. The van der Waals surface area contributed by atoms with Crippen LogP contribution in [0.1, 0.15) is 66.8 Å². The lowest BCUT2D eigenvalue weighted by Gasteiger charge is -2.27. The van der Waals surface area contributed by atoms with Crippen LogP contribution in [0, 0.1) is 83.1 Å². The molecule has 1 nitrogen and oxygen atoms in total. The summed E-state index contributed by atoms with van der Waals surface area (Å²) >= 11 is 0. The van der Waals surface area contributed by atoms with E-state index in [0.29, 0.717) is 0 Å². The van der Waals surface area contributed by atoms with Crippen LogP contribution in [-0.2, 0) is 0 Å². The number of hydrogen-bond donors (Lipinski definition) is 0. The summed E-state index contributed by atoms with van der Waals surface area (Å²) in [7, 11) is 0. The maximum absolute atomic E-state index is 6.97. The number of rotatable bonds is 7. The average Bonchev–Trinajstić information content (AvgIpc) is 3.18. The molecule has 8 aromatic carbocycles. The van der Waals surface area contributed by atoms with E-state index in [-0.39, 0.29) is 13.4 Å². The molecule has 0 spiro atoms. The molecule has 0 N–H and O–H groups in total. The lowest BCUT2D eigenvalue weighted by atomic mass is 9.34. The molecule has 1 aliphatic rings. The van der Waals surface area contributed by atoms with Crippen LogP contribution in [0.15, 0.2) is 121 Å². The van der Waals surface area contributed by atoms with E-state index in [9.17, 15) is 0 Å². The fourth-order valence-electron chi connectivity index (χ4n) is 11.5. The van der Waals surface area contributed by atoms with Crippen molar-refractivity contribution in [2.24, 2.45) is 0 Å². The van der Waals surface area contributed by atoms with Crippen LogP contribution < -0.4 is 37.5 Å². The Balaban J connectivity index is 1.14. The lowest BCUT2D eigenvalue weighted by Crippen LogP contribution is -2.55. The van der Waals surface area contributed by atoms with Crippen LogP contribution >= 0.6 is 0 Å². The average molecular weight is 791 g/mol. The second kappa shape index (κ2) is 15.4. The first-order valence-corrected chi connectivity index (χ1v) is 22.0. The van der Waals surface area contributed by atoms with Crippen molar-refractivity contribution in [2.45, 2.75) is 83.1 Å². The number of aryl methyl sites for hydroxylation is 12. The first-order valence-electron chi connectivity index (χ1n) is 22.0. The van der Waals surface area contributed by atoms with Crippen molar-refractivity contribution >= 4 is 57.0 Å². The molecule has 1 aliphatic heterocycles. The van der Waals surface area contributed by atoms with Gasteiger partial charge in [0.1, 0.15) is 11.5 Å². The Labute approximate surface area is 365 Å². The third kappa shape index (κ3) is 7.03. The standard InChI is InChI=1S/C58H56B2O/c1-33-24-37(5)55(38(6)25-33)59(56-39(7)26-34(2)27-40(56)8)46-18-16-45(17-19-46)48-22-23-51-49-21-20-47(32-53(49)61-52-15-13-14-50(48)54(51)52)60(57-41(9)28-35(3)29-42(57)10)58-43(11)30-36(4)31-44(58)12/h13-32H,1-12H3. The van der Waals surface area contributed by atoms with Crippen molar-refractivity contribution in [1.82, 2.24) is 0 Å². The molecule has 0 saturated heterocycles. The van der Waals surface area contributed by atoms with Gasteiger partial charge in [0, 0.05) is 10.9 Å². The summed E-state index contributed by atoms with van der Waals surface area (Å²) in [5, 5.41) is 2.38. The molecule has 61 heavy (non-hydrogen) atoms. The Morgan fingerprint density at radius 3 is 1.15 bits per heavy atom. The SMILES string of the molecule is Cc1cc(C)c(B(c2ccc(-c3ccc4c5c(cccc35)Oc3cc(B(c5c(C)cc(C)cc5C)c5c(C)cc(C)cc5C)ccc3-4)cc2)c2c(C)cc(C)cc2C)c(C)c1. The summed E-state index contributed by atoms with van der Waals surface area (Å²) in [6.45, 7) is 27.2. The summed E-state index contributed by atoms with van der Waals surface area (Å²) < 4.78 is 6.97. The molecule has 0 fully saturated rings. The number of fused-ring (bicyclic) bond motifs is 2. The molecule has 0 unspecified atom stereocenters.